The first-order chi connectivity index (χ1) is 10.4. The number of ether oxygens (including phenoxy) is 3. The number of fused-ring (bicyclic) bond motifs is 4. The molecule has 0 unspecified atom stereocenters. The van der Waals surface area contributed by atoms with Crippen LogP contribution in [0.2, 0.25) is 0 Å². The average molecular weight is 308 g/mol. The van der Waals surface area contributed by atoms with Gasteiger partial charge in [0.25, 0.3) is 0 Å². The molecule has 4 fully saturated rings. The van der Waals surface area contributed by atoms with E-state index < -0.39 is 0 Å². The van der Waals surface area contributed by atoms with Crippen molar-refractivity contribution in [2.45, 2.75) is 39.7 Å². The van der Waals surface area contributed by atoms with Crippen LogP contribution >= 0.6 is 0 Å². The molecular weight excluding hydrogens is 280 g/mol. The summed E-state index contributed by atoms with van der Waals surface area (Å²) in [6.07, 6.45) is 2.28. The first-order valence-electron chi connectivity index (χ1n) is 8.64. The van der Waals surface area contributed by atoms with Gasteiger partial charge in [-0.05, 0) is 41.9 Å². The Kier molecular flexibility index (Phi) is 3.28. The van der Waals surface area contributed by atoms with Gasteiger partial charge in [-0.3, -0.25) is 4.79 Å². The molecule has 4 nitrogen and oxygen atoms in total. The molecule has 0 radical (unpaired) electrons. The maximum atomic E-state index is 12.7. The SMILES string of the molecule is COCCOCO[C@H]1C(=O)[C@@H]2[C@H]3[C@@H]4CC(C)(C)C[C@@H]4[C@]1(C)[C@@H]23. The summed E-state index contributed by atoms with van der Waals surface area (Å²) in [5.41, 5.74) is 0.476. The van der Waals surface area contributed by atoms with E-state index in [1.165, 1.54) is 12.8 Å². The molecule has 0 saturated heterocycles. The van der Waals surface area contributed by atoms with E-state index in [4.69, 9.17) is 14.2 Å². The highest BCUT2D eigenvalue weighted by atomic mass is 16.7. The molecule has 0 bridgehead atoms. The number of methoxy groups -OCH3 is 1. The highest BCUT2D eigenvalue weighted by molar-refractivity contribution is 5.94. The third kappa shape index (κ3) is 1.83. The second-order valence-electron chi connectivity index (χ2n) is 8.81. The summed E-state index contributed by atoms with van der Waals surface area (Å²) < 4.78 is 16.3. The van der Waals surface area contributed by atoms with Crippen LogP contribution in [0, 0.1) is 40.4 Å². The predicted molar refractivity (Wildman–Crippen MR) is 81.1 cm³/mol. The Morgan fingerprint density at radius 1 is 1.18 bits per heavy atom. The van der Waals surface area contributed by atoms with Crippen molar-refractivity contribution >= 4 is 5.78 Å². The van der Waals surface area contributed by atoms with E-state index in [9.17, 15) is 4.79 Å². The maximum Gasteiger partial charge on any atom is 0.165 e. The van der Waals surface area contributed by atoms with Gasteiger partial charge in [0.05, 0.1) is 13.2 Å². The fraction of sp³-hybridized carbons (Fsp3) is 0.944. The van der Waals surface area contributed by atoms with Gasteiger partial charge in [0.2, 0.25) is 0 Å². The lowest BCUT2D eigenvalue weighted by atomic mass is 9.71. The maximum absolute atomic E-state index is 12.7. The van der Waals surface area contributed by atoms with Crippen molar-refractivity contribution < 1.29 is 19.0 Å². The minimum Gasteiger partial charge on any atom is -0.382 e. The smallest absolute Gasteiger partial charge is 0.165 e. The van der Waals surface area contributed by atoms with Crippen LogP contribution in [0.1, 0.15) is 33.6 Å². The molecule has 4 saturated carbocycles. The van der Waals surface area contributed by atoms with E-state index in [0.717, 1.165) is 5.92 Å². The van der Waals surface area contributed by atoms with E-state index in [1.807, 2.05) is 0 Å². The van der Waals surface area contributed by atoms with Gasteiger partial charge in [0.15, 0.2) is 5.78 Å². The largest absolute Gasteiger partial charge is 0.382 e. The Labute approximate surface area is 132 Å². The molecule has 0 spiro atoms. The zero-order valence-corrected chi connectivity index (χ0v) is 14.1. The summed E-state index contributed by atoms with van der Waals surface area (Å²) in [6, 6.07) is 0. The highest BCUT2D eigenvalue weighted by Gasteiger charge is 2.83. The zero-order chi connectivity index (χ0) is 15.7. The van der Waals surface area contributed by atoms with E-state index in [0.29, 0.717) is 48.1 Å². The van der Waals surface area contributed by atoms with Crippen molar-refractivity contribution in [1.82, 2.24) is 0 Å². The van der Waals surface area contributed by atoms with Crippen LogP contribution in [-0.2, 0) is 19.0 Å². The molecule has 4 rings (SSSR count). The van der Waals surface area contributed by atoms with E-state index in [-0.39, 0.29) is 18.3 Å². The van der Waals surface area contributed by atoms with Gasteiger partial charge >= 0.3 is 0 Å². The quantitative estimate of drug-likeness (QED) is 0.559. The Morgan fingerprint density at radius 3 is 2.68 bits per heavy atom. The predicted octanol–water partition coefficient (Wildman–Crippen LogP) is 2.51. The third-order valence-corrected chi connectivity index (χ3v) is 7.07. The standard InChI is InChI=1S/C18H28O4/c1-17(2)7-10-11(8-17)18(3)14-12(10)13(14)15(19)16(18)22-9-21-6-5-20-4/h10-14,16H,5-9H2,1-4H3/t10-,11+,12-,13-,14-,16+,18-/m1/s1. The summed E-state index contributed by atoms with van der Waals surface area (Å²) in [6.45, 7) is 8.37. The van der Waals surface area contributed by atoms with Crippen LogP contribution < -0.4 is 0 Å². The van der Waals surface area contributed by atoms with Gasteiger partial charge in [0.1, 0.15) is 12.9 Å². The van der Waals surface area contributed by atoms with Gasteiger partial charge < -0.3 is 14.2 Å². The summed E-state index contributed by atoms with van der Waals surface area (Å²) in [7, 11) is 1.65. The van der Waals surface area contributed by atoms with Gasteiger partial charge in [-0.15, -0.1) is 0 Å². The summed E-state index contributed by atoms with van der Waals surface area (Å²) in [4.78, 5) is 12.7. The Bertz CT molecular complexity index is 487. The fourth-order valence-electron chi connectivity index (χ4n) is 6.41. The second kappa shape index (κ2) is 4.78. The van der Waals surface area contributed by atoms with E-state index in [1.54, 1.807) is 7.11 Å². The molecule has 0 aromatic rings. The van der Waals surface area contributed by atoms with Gasteiger partial charge in [-0.25, -0.2) is 0 Å². The van der Waals surface area contributed by atoms with Crippen molar-refractivity contribution in [2.24, 2.45) is 40.4 Å². The molecule has 0 aromatic carbocycles. The number of carbonyl (C=O) groups excluding carboxylic acids is 1. The average Bonchev–Trinajstić information content (AvgIpc) is 3.00. The lowest BCUT2D eigenvalue weighted by Gasteiger charge is -2.36. The van der Waals surface area contributed by atoms with Gasteiger partial charge in [-0.1, -0.05) is 20.8 Å². The van der Waals surface area contributed by atoms with Crippen molar-refractivity contribution in [3.63, 3.8) is 0 Å². The zero-order valence-electron chi connectivity index (χ0n) is 14.1. The van der Waals surface area contributed by atoms with Crippen LogP contribution in [0.5, 0.6) is 0 Å². The first-order valence-corrected chi connectivity index (χ1v) is 8.64. The molecule has 4 aliphatic carbocycles. The molecule has 0 N–H and O–H groups in total. The topological polar surface area (TPSA) is 44.8 Å². The van der Waals surface area contributed by atoms with E-state index in [2.05, 4.69) is 20.8 Å². The number of rotatable bonds is 6. The summed E-state index contributed by atoms with van der Waals surface area (Å²) in [5, 5.41) is 0. The second-order valence-corrected chi connectivity index (χ2v) is 8.81. The molecule has 22 heavy (non-hydrogen) atoms. The molecule has 0 heterocycles. The van der Waals surface area contributed by atoms with Gasteiger partial charge in [-0.2, -0.15) is 0 Å². The van der Waals surface area contributed by atoms with Gasteiger partial charge in [0, 0.05) is 18.4 Å². The van der Waals surface area contributed by atoms with Crippen LogP contribution in [0.25, 0.3) is 0 Å². The number of hydrogen-bond donors (Lipinski definition) is 0. The lowest BCUT2D eigenvalue weighted by molar-refractivity contribution is -0.157. The van der Waals surface area contributed by atoms with Crippen LogP contribution in [-0.4, -0.2) is 39.0 Å². The molecule has 124 valence electrons. The van der Waals surface area contributed by atoms with Crippen LogP contribution in [0.15, 0.2) is 0 Å². The number of carbonyl (C=O) groups is 1. The van der Waals surface area contributed by atoms with Crippen molar-refractivity contribution in [1.29, 1.82) is 0 Å². The number of ketones is 1. The highest BCUT2D eigenvalue weighted by Crippen LogP contribution is 2.81. The summed E-state index contributed by atoms with van der Waals surface area (Å²) in [5.74, 6) is 3.32. The Balaban J connectivity index is 1.47. The molecule has 0 aliphatic heterocycles. The fourth-order valence-corrected chi connectivity index (χ4v) is 6.41. The van der Waals surface area contributed by atoms with E-state index >= 15 is 0 Å². The molecule has 7 atom stereocenters. The van der Waals surface area contributed by atoms with Crippen molar-refractivity contribution in [3.8, 4) is 0 Å². The molecule has 0 aromatic heterocycles. The van der Waals surface area contributed by atoms with Crippen molar-refractivity contribution in [2.75, 3.05) is 27.1 Å². The minimum absolute atomic E-state index is 0.0511. The molecule has 4 heteroatoms. The molecule has 0 amide bonds. The molecular formula is C18H28O4. The normalized spacial score (nSPS) is 50.3. The van der Waals surface area contributed by atoms with Crippen LogP contribution in [0.3, 0.4) is 0 Å². The Hall–Kier alpha value is -0.450. The molecule has 4 aliphatic rings. The summed E-state index contributed by atoms with van der Waals surface area (Å²) >= 11 is 0. The third-order valence-electron chi connectivity index (χ3n) is 7.07. The first kappa shape index (κ1) is 15.1. The van der Waals surface area contributed by atoms with Crippen LogP contribution in [0.4, 0.5) is 0 Å². The van der Waals surface area contributed by atoms with Crippen molar-refractivity contribution in [3.05, 3.63) is 0 Å². The number of Topliss-reactive ketones (excluding diaryl/α,β-unsaturated/α-hetero) is 1. The minimum atomic E-state index is -0.245. The monoisotopic (exact) mass is 308 g/mol. The Morgan fingerprint density at radius 2 is 1.95 bits per heavy atom. The lowest BCUT2D eigenvalue weighted by Crippen LogP contribution is -2.41. The number of hydrogen-bond acceptors (Lipinski definition) is 4.